The van der Waals surface area contributed by atoms with Gasteiger partial charge in [-0.3, -0.25) is 14.2 Å². The lowest BCUT2D eigenvalue weighted by Crippen LogP contribution is -2.41. The first kappa shape index (κ1) is 25.0. The van der Waals surface area contributed by atoms with Crippen LogP contribution in [0, 0.1) is 0 Å². The topological polar surface area (TPSA) is 145 Å². The zero-order valence-electron chi connectivity index (χ0n) is 15.5. The molecule has 0 aromatic carbocycles. The van der Waals surface area contributed by atoms with Crippen LogP contribution in [-0.2, 0) is 18.7 Å². The number of aliphatic hydroxyl groups is 2. The van der Waals surface area contributed by atoms with Gasteiger partial charge in [0.15, 0.2) is 0 Å². The Morgan fingerprint density at radius 2 is 1.42 bits per heavy atom. The maximum absolute atomic E-state index is 12.0. The summed E-state index contributed by atoms with van der Waals surface area (Å²) in [7, 11) is -3.79. The van der Waals surface area contributed by atoms with Gasteiger partial charge < -0.3 is 30.3 Å². The molecular weight excluding hydrogens is 363 g/mol. The number of carbonyl (C=O) groups is 2. The van der Waals surface area contributed by atoms with E-state index in [1.54, 1.807) is 6.92 Å². The van der Waals surface area contributed by atoms with Gasteiger partial charge in [-0.15, -0.1) is 0 Å². The van der Waals surface area contributed by atoms with E-state index in [0.29, 0.717) is 32.1 Å². The highest BCUT2D eigenvalue weighted by atomic mass is 31.2. The van der Waals surface area contributed by atoms with Crippen molar-refractivity contribution in [3.63, 3.8) is 0 Å². The summed E-state index contributed by atoms with van der Waals surface area (Å²) in [6, 6.07) is 0. The lowest BCUT2D eigenvalue weighted by Gasteiger charge is -2.22. The molecule has 0 rings (SSSR count). The fraction of sp³-hybridized carbons (Fsp3) is 0.875. The fourth-order valence-electron chi connectivity index (χ4n) is 2.14. The molecule has 154 valence electrons. The number of carbonyl (C=O) groups excluding carboxylic acids is 2. The largest absolute Gasteiger partial charge is 0.396 e. The van der Waals surface area contributed by atoms with Gasteiger partial charge in [-0.1, -0.05) is 6.92 Å². The zero-order valence-corrected chi connectivity index (χ0v) is 16.4. The Labute approximate surface area is 155 Å². The lowest BCUT2D eigenvalue weighted by atomic mass is 10.2. The Kier molecular flexibility index (Phi) is 14.5. The van der Waals surface area contributed by atoms with E-state index in [1.807, 2.05) is 0 Å². The minimum absolute atomic E-state index is 0.00159. The first-order valence-electron chi connectivity index (χ1n) is 9.10. The van der Waals surface area contributed by atoms with Gasteiger partial charge in [0.25, 0.3) is 0 Å². The minimum atomic E-state index is -3.79. The standard InChI is InChI=1S/C16H33N2O7P/c1-2-11-26(23,24)25-14(12-17-15(21)7-3-5-9-19)13-18-16(22)8-4-6-10-20/h14,19-20H,2-13H2,1H3,(H,17,21)(H,18,22)(H,23,24). The highest BCUT2D eigenvalue weighted by Gasteiger charge is 2.24. The third-order valence-corrected chi connectivity index (χ3v) is 5.14. The van der Waals surface area contributed by atoms with Crippen molar-refractivity contribution in [2.75, 3.05) is 32.5 Å². The van der Waals surface area contributed by atoms with Crippen LogP contribution in [-0.4, -0.2) is 65.5 Å². The van der Waals surface area contributed by atoms with Crippen molar-refractivity contribution in [2.24, 2.45) is 0 Å². The van der Waals surface area contributed by atoms with E-state index in [9.17, 15) is 19.0 Å². The maximum Gasteiger partial charge on any atom is 0.328 e. The molecule has 0 aliphatic carbocycles. The predicted octanol–water partition coefficient (Wildman–Crippen LogP) is 0.525. The van der Waals surface area contributed by atoms with Crippen molar-refractivity contribution in [1.29, 1.82) is 0 Å². The van der Waals surface area contributed by atoms with Gasteiger partial charge in [-0.2, -0.15) is 0 Å². The molecule has 2 amide bonds. The monoisotopic (exact) mass is 396 g/mol. The Morgan fingerprint density at radius 3 is 1.81 bits per heavy atom. The van der Waals surface area contributed by atoms with E-state index in [1.165, 1.54) is 0 Å². The van der Waals surface area contributed by atoms with Crippen molar-refractivity contribution >= 4 is 19.4 Å². The van der Waals surface area contributed by atoms with Crippen molar-refractivity contribution in [1.82, 2.24) is 10.6 Å². The summed E-state index contributed by atoms with van der Waals surface area (Å²) in [5.41, 5.74) is 0. The quantitative estimate of drug-likeness (QED) is 0.189. The van der Waals surface area contributed by atoms with Gasteiger partial charge in [-0.25, -0.2) is 0 Å². The maximum atomic E-state index is 12.0. The number of amides is 2. The number of aliphatic hydroxyl groups excluding tert-OH is 2. The van der Waals surface area contributed by atoms with Crippen LogP contribution in [0.4, 0.5) is 0 Å². The molecule has 0 saturated heterocycles. The molecule has 1 unspecified atom stereocenters. The third-order valence-electron chi connectivity index (χ3n) is 3.50. The molecule has 0 heterocycles. The molecule has 0 bridgehead atoms. The number of nitrogens with one attached hydrogen (secondary N) is 2. The van der Waals surface area contributed by atoms with Crippen LogP contribution in [0.2, 0.25) is 0 Å². The Hall–Kier alpha value is -0.990. The van der Waals surface area contributed by atoms with Crippen LogP contribution < -0.4 is 10.6 Å². The highest BCUT2D eigenvalue weighted by molar-refractivity contribution is 7.52. The van der Waals surface area contributed by atoms with Crippen LogP contribution in [0.15, 0.2) is 0 Å². The second-order valence-corrected chi connectivity index (χ2v) is 7.99. The molecule has 0 aromatic heterocycles. The molecule has 0 fully saturated rings. The smallest absolute Gasteiger partial charge is 0.328 e. The molecule has 9 nitrogen and oxygen atoms in total. The molecule has 0 aliphatic rings. The second-order valence-electron chi connectivity index (χ2n) is 6.06. The molecule has 0 spiro atoms. The summed E-state index contributed by atoms with van der Waals surface area (Å²) in [6.45, 7) is 1.80. The summed E-state index contributed by atoms with van der Waals surface area (Å²) >= 11 is 0. The van der Waals surface area contributed by atoms with E-state index < -0.39 is 13.7 Å². The first-order valence-corrected chi connectivity index (χ1v) is 10.9. The highest BCUT2D eigenvalue weighted by Crippen LogP contribution is 2.43. The Bertz CT molecular complexity index is 422. The van der Waals surface area contributed by atoms with E-state index in [-0.39, 0.29) is 57.1 Å². The molecular formula is C16H33N2O7P. The van der Waals surface area contributed by atoms with Crippen molar-refractivity contribution in [3.05, 3.63) is 0 Å². The van der Waals surface area contributed by atoms with Gasteiger partial charge in [0, 0.05) is 45.3 Å². The summed E-state index contributed by atoms with van der Waals surface area (Å²) in [5, 5.41) is 22.7. The van der Waals surface area contributed by atoms with Gasteiger partial charge in [-0.05, 0) is 32.1 Å². The SMILES string of the molecule is CCCP(=O)(O)OC(CNC(=O)CCCCO)CNC(=O)CCCCO. The molecule has 0 radical (unpaired) electrons. The molecule has 5 N–H and O–H groups in total. The van der Waals surface area contributed by atoms with Gasteiger partial charge in [0.1, 0.15) is 6.10 Å². The van der Waals surface area contributed by atoms with E-state index in [4.69, 9.17) is 14.7 Å². The number of hydrogen-bond donors (Lipinski definition) is 5. The number of hydrogen-bond acceptors (Lipinski definition) is 6. The van der Waals surface area contributed by atoms with Crippen LogP contribution in [0.1, 0.15) is 51.9 Å². The third kappa shape index (κ3) is 14.2. The normalized spacial score (nSPS) is 13.4. The molecule has 26 heavy (non-hydrogen) atoms. The number of unbranched alkanes of at least 4 members (excludes halogenated alkanes) is 2. The first-order chi connectivity index (χ1) is 12.3. The van der Waals surface area contributed by atoms with E-state index in [0.717, 1.165) is 0 Å². The predicted molar refractivity (Wildman–Crippen MR) is 97.7 cm³/mol. The molecule has 0 saturated carbocycles. The van der Waals surface area contributed by atoms with Gasteiger partial charge in [0.2, 0.25) is 11.8 Å². The second kappa shape index (κ2) is 15.1. The Morgan fingerprint density at radius 1 is 0.962 bits per heavy atom. The summed E-state index contributed by atoms with van der Waals surface area (Å²) in [4.78, 5) is 33.3. The van der Waals surface area contributed by atoms with Crippen molar-refractivity contribution in [3.8, 4) is 0 Å². The summed E-state index contributed by atoms with van der Waals surface area (Å²) < 4.78 is 17.2. The van der Waals surface area contributed by atoms with Gasteiger partial charge in [0.05, 0.1) is 0 Å². The summed E-state index contributed by atoms with van der Waals surface area (Å²) in [6.07, 6.45) is 2.28. The van der Waals surface area contributed by atoms with Crippen LogP contribution >= 0.6 is 7.60 Å². The molecule has 10 heteroatoms. The minimum Gasteiger partial charge on any atom is -0.396 e. The van der Waals surface area contributed by atoms with Crippen molar-refractivity contribution < 1.29 is 33.8 Å². The Balaban J connectivity index is 4.47. The van der Waals surface area contributed by atoms with E-state index >= 15 is 0 Å². The summed E-state index contributed by atoms with van der Waals surface area (Å²) in [5.74, 6) is -0.492. The molecule has 1 atom stereocenters. The van der Waals surface area contributed by atoms with Crippen molar-refractivity contribution in [2.45, 2.75) is 58.0 Å². The van der Waals surface area contributed by atoms with Crippen LogP contribution in [0.25, 0.3) is 0 Å². The average Bonchev–Trinajstić information content (AvgIpc) is 2.57. The van der Waals surface area contributed by atoms with Crippen LogP contribution in [0.3, 0.4) is 0 Å². The molecule has 0 aliphatic heterocycles. The van der Waals surface area contributed by atoms with Crippen LogP contribution in [0.5, 0.6) is 0 Å². The average molecular weight is 396 g/mol. The van der Waals surface area contributed by atoms with Gasteiger partial charge >= 0.3 is 7.60 Å². The zero-order chi connectivity index (χ0) is 19.8. The molecule has 0 aromatic rings. The number of rotatable bonds is 16. The fourth-order valence-corrected chi connectivity index (χ4v) is 3.43. The lowest BCUT2D eigenvalue weighted by molar-refractivity contribution is -0.121. The van der Waals surface area contributed by atoms with E-state index in [2.05, 4.69) is 10.6 Å².